The van der Waals surface area contributed by atoms with Gasteiger partial charge in [0, 0.05) is 18.1 Å². The van der Waals surface area contributed by atoms with Crippen molar-refractivity contribution in [2.45, 2.75) is 12.8 Å². The van der Waals surface area contributed by atoms with Crippen LogP contribution in [0.4, 0.5) is 0 Å². The minimum atomic E-state index is 0.0219. The van der Waals surface area contributed by atoms with Crippen molar-refractivity contribution in [1.29, 1.82) is 0 Å². The number of thiol groups is 1. The number of ether oxygens (including phenoxy) is 1. The molecule has 2 nitrogen and oxygen atoms in total. The summed E-state index contributed by atoms with van der Waals surface area (Å²) in [6, 6.07) is 6.17. The van der Waals surface area contributed by atoms with Crippen molar-refractivity contribution in [3.8, 4) is 5.75 Å². The van der Waals surface area contributed by atoms with Crippen molar-refractivity contribution >= 4 is 18.9 Å². The average Bonchev–Trinajstić information content (AvgIpc) is 2.73. The van der Waals surface area contributed by atoms with Crippen molar-refractivity contribution in [2.24, 2.45) is 5.92 Å². The van der Waals surface area contributed by atoms with Gasteiger partial charge in [-0.1, -0.05) is 12.1 Å². The minimum absolute atomic E-state index is 0.0219. The molecule has 0 aromatic heterocycles. The normalized spacial score (nSPS) is 15.5. The van der Waals surface area contributed by atoms with Gasteiger partial charge in [-0.25, -0.2) is 0 Å². The first kappa shape index (κ1) is 10.6. The van der Waals surface area contributed by atoms with Crippen LogP contribution >= 0.6 is 12.6 Å². The number of aldehydes is 1. The van der Waals surface area contributed by atoms with Crippen LogP contribution in [0.15, 0.2) is 18.2 Å². The topological polar surface area (TPSA) is 26.3 Å². The van der Waals surface area contributed by atoms with E-state index in [0.29, 0.717) is 5.75 Å². The fourth-order valence-electron chi connectivity index (χ4n) is 1.83. The van der Waals surface area contributed by atoms with Gasteiger partial charge in [-0.2, -0.15) is 12.6 Å². The van der Waals surface area contributed by atoms with Crippen LogP contribution < -0.4 is 4.74 Å². The Morgan fingerprint density at radius 1 is 1.53 bits per heavy atom. The van der Waals surface area contributed by atoms with E-state index in [1.807, 2.05) is 12.1 Å². The lowest BCUT2D eigenvalue weighted by atomic mass is 10.00. The largest absolute Gasteiger partial charge is 0.493 e. The van der Waals surface area contributed by atoms with E-state index in [4.69, 9.17) is 4.74 Å². The molecule has 1 atom stereocenters. The van der Waals surface area contributed by atoms with Crippen molar-refractivity contribution < 1.29 is 9.53 Å². The fourth-order valence-corrected chi connectivity index (χ4v) is 2.04. The summed E-state index contributed by atoms with van der Waals surface area (Å²) in [4.78, 5) is 10.7. The summed E-state index contributed by atoms with van der Waals surface area (Å²) >= 11 is 4.15. The maximum Gasteiger partial charge on any atom is 0.124 e. The summed E-state index contributed by atoms with van der Waals surface area (Å²) in [5.41, 5.74) is 2.46. The molecule has 1 aromatic carbocycles. The maximum absolute atomic E-state index is 10.7. The monoisotopic (exact) mass is 222 g/mol. The molecule has 0 spiro atoms. The van der Waals surface area contributed by atoms with Gasteiger partial charge in [-0.05, 0) is 23.6 Å². The number of carbonyl (C=O) groups excluding carboxylic acids is 1. The molecule has 3 heteroatoms. The van der Waals surface area contributed by atoms with E-state index < -0.39 is 0 Å². The fraction of sp³-hybridized carbons (Fsp3) is 0.417. The molecule has 2 rings (SSSR count). The summed E-state index contributed by atoms with van der Waals surface area (Å²) in [6.45, 7) is 0.780. The summed E-state index contributed by atoms with van der Waals surface area (Å²) in [5.74, 6) is 1.62. The molecule has 0 radical (unpaired) electrons. The highest BCUT2D eigenvalue weighted by Gasteiger charge is 2.13. The zero-order chi connectivity index (χ0) is 10.7. The highest BCUT2D eigenvalue weighted by atomic mass is 32.1. The molecule has 0 bridgehead atoms. The molecule has 1 aliphatic heterocycles. The van der Waals surface area contributed by atoms with Gasteiger partial charge in [0.2, 0.25) is 0 Å². The molecule has 1 unspecified atom stereocenters. The standard InChI is InChI=1S/C12H14O2S/c13-7-10(8-15)5-9-1-2-12-11(6-9)3-4-14-12/h1-2,6-7,10,15H,3-5,8H2. The Bertz CT molecular complexity index is 363. The highest BCUT2D eigenvalue weighted by Crippen LogP contribution is 2.26. The highest BCUT2D eigenvalue weighted by molar-refractivity contribution is 7.80. The van der Waals surface area contributed by atoms with E-state index in [0.717, 1.165) is 31.5 Å². The Balaban J connectivity index is 2.12. The molecule has 15 heavy (non-hydrogen) atoms. The predicted molar refractivity (Wildman–Crippen MR) is 62.8 cm³/mol. The first-order chi connectivity index (χ1) is 7.33. The summed E-state index contributed by atoms with van der Waals surface area (Å²) in [6.07, 6.45) is 2.74. The van der Waals surface area contributed by atoms with Gasteiger partial charge < -0.3 is 9.53 Å². The summed E-state index contributed by atoms with van der Waals surface area (Å²) < 4.78 is 5.43. The number of fused-ring (bicyclic) bond motifs is 1. The Hall–Kier alpha value is -0.960. The summed E-state index contributed by atoms with van der Waals surface area (Å²) in [7, 11) is 0. The van der Waals surface area contributed by atoms with Crippen LogP contribution in [0.25, 0.3) is 0 Å². The van der Waals surface area contributed by atoms with Gasteiger partial charge in [-0.3, -0.25) is 0 Å². The zero-order valence-corrected chi connectivity index (χ0v) is 9.37. The number of hydrogen-bond donors (Lipinski definition) is 1. The Morgan fingerprint density at radius 2 is 2.40 bits per heavy atom. The SMILES string of the molecule is O=CC(CS)Cc1ccc2c(c1)CCO2. The van der Waals surface area contributed by atoms with Crippen molar-refractivity contribution in [3.63, 3.8) is 0 Å². The molecule has 1 aromatic rings. The van der Waals surface area contributed by atoms with E-state index >= 15 is 0 Å². The molecular formula is C12H14O2S. The second-order valence-corrected chi connectivity index (χ2v) is 4.19. The third-order valence-electron chi connectivity index (χ3n) is 2.68. The van der Waals surface area contributed by atoms with E-state index in [1.54, 1.807) is 0 Å². The molecule has 1 heterocycles. The van der Waals surface area contributed by atoms with Crippen molar-refractivity contribution in [1.82, 2.24) is 0 Å². The van der Waals surface area contributed by atoms with Crippen LogP contribution in [0.3, 0.4) is 0 Å². The van der Waals surface area contributed by atoms with E-state index in [2.05, 4.69) is 18.7 Å². The Kier molecular flexibility index (Phi) is 3.31. The third kappa shape index (κ3) is 2.34. The van der Waals surface area contributed by atoms with Gasteiger partial charge in [-0.15, -0.1) is 0 Å². The van der Waals surface area contributed by atoms with Crippen LogP contribution in [0.2, 0.25) is 0 Å². The van der Waals surface area contributed by atoms with Gasteiger partial charge in [0.15, 0.2) is 0 Å². The molecular weight excluding hydrogens is 208 g/mol. The van der Waals surface area contributed by atoms with Gasteiger partial charge in [0.05, 0.1) is 6.61 Å². The van der Waals surface area contributed by atoms with Crippen LogP contribution in [-0.2, 0) is 17.6 Å². The second-order valence-electron chi connectivity index (χ2n) is 3.82. The van der Waals surface area contributed by atoms with Crippen LogP contribution in [0, 0.1) is 5.92 Å². The Morgan fingerprint density at radius 3 is 3.13 bits per heavy atom. The number of rotatable bonds is 4. The second kappa shape index (κ2) is 4.71. The van der Waals surface area contributed by atoms with Crippen molar-refractivity contribution in [3.05, 3.63) is 29.3 Å². The molecule has 0 saturated heterocycles. The van der Waals surface area contributed by atoms with E-state index in [9.17, 15) is 4.79 Å². The number of benzene rings is 1. The molecule has 0 fully saturated rings. The molecule has 0 saturated carbocycles. The smallest absolute Gasteiger partial charge is 0.124 e. The third-order valence-corrected chi connectivity index (χ3v) is 3.15. The Labute approximate surface area is 95.0 Å². The zero-order valence-electron chi connectivity index (χ0n) is 8.48. The first-order valence-corrected chi connectivity index (χ1v) is 5.77. The maximum atomic E-state index is 10.7. The van der Waals surface area contributed by atoms with Crippen LogP contribution in [0.5, 0.6) is 5.75 Å². The molecule has 1 aliphatic rings. The lowest BCUT2D eigenvalue weighted by Gasteiger charge is -2.07. The van der Waals surface area contributed by atoms with Gasteiger partial charge in [0.25, 0.3) is 0 Å². The number of hydrogen-bond acceptors (Lipinski definition) is 3. The minimum Gasteiger partial charge on any atom is -0.493 e. The molecule has 0 N–H and O–H groups in total. The molecule has 80 valence electrons. The quantitative estimate of drug-likeness (QED) is 0.622. The average molecular weight is 222 g/mol. The van der Waals surface area contributed by atoms with E-state index in [-0.39, 0.29) is 5.92 Å². The van der Waals surface area contributed by atoms with Crippen LogP contribution in [0.1, 0.15) is 11.1 Å². The lowest BCUT2D eigenvalue weighted by Crippen LogP contribution is -2.07. The first-order valence-electron chi connectivity index (χ1n) is 5.14. The van der Waals surface area contributed by atoms with Crippen LogP contribution in [-0.4, -0.2) is 18.6 Å². The summed E-state index contributed by atoms with van der Waals surface area (Å²) in [5, 5.41) is 0. The lowest BCUT2D eigenvalue weighted by molar-refractivity contribution is -0.110. The van der Waals surface area contributed by atoms with Gasteiger partial charge in [0.1, 0.15) is 12.0 Å². The predicted octanol–water partition coefficient (Wildman–Crippen LogP) is 1.91. The molecule has 0 aliphatic carbocycles. The van der Waals surface area contributed by atoms with Gasteiger partial charge >= 0.3 is 0 Å². The molecule has 0 amide bonds. The van der Waals surface area contributed by atoms with Crippen molar-refractivity contribution in [2.75, 3.05) is 12.4 Å². The van der Waals surface area contributed by atoms with E-state index in [1.165, 1.54) is 11.1 Å². The number of carbonyl (C=O) groups is 1.